The maximum atomic E-state index is 13.1. The number of hydrogen-bond acceptors (Lipinski definition) is 4. The molecular weight excluding hydrogens is 418 g/mol. The lowest BCUT2D eigenvalue weighted by Gasteiger charge is -2.38. The van der Waals surface area contributed by atoms with Gasteiger partial charge in [-0.05, 0) is 19.1 Å². The number of para-hydroxylation sites is 2. The molecule has 3 aliphatic heterocycles. The molecule has 8 rings (SSSR count). The van der Waals surface area contributed by atoms with Gasteiger partial charge in [0, 0.05) is 39.7 Å². The molecule has 33 heavy (non-hydrogen) atoms. The van der Waals surface area contributed by atoms with Gasteiger partial charge in [-0.25, -0.2) is 4.99 Å². The smallest absolute Gasteiger partial charge is 0.278 e. The lowest BCUT2D eigenvalue weighted by Crippen LogP contribution is -2.53. The van der Waals surface area contributed by atoms with E-state index in [2.05, 4.69) is 9.56 Å². The predicted octanol–water partition coefficient (Wildman–Crippen LogP) is 3.80. The van der Waals surface area contributed by atoms with Crippen LogP contribution in [0.5, 0.6) is 0 Å². The molecule has 2 bridgehead atoms. The lowest BCUT2D eigenvalue weighted by atomic mass is 9.89. The summed E-state index contributed by atoms with van der Waals surface area (Å²) >= 11 is 0. The van der Waals surface area contributed by atoms with Crippen LogP contribution in [0.1, 0.15) is 35.5 Å². The highest BCUT2D eigenvalue weighted by atomic mass is 16.6. The highest BCUT2D eigenvalue weighted by Gasteiger charge is 2.60. The van der Waals surface area contributed by atoms with E-state index in [1.807, 2.05) is 60.0 Å². The normalized spacial score (nSPS) is 27.6. The Kier molecular flexibility index (Phi) is 2.91. The quantitative estimate of drug-likeness (QED) is 0.418. The third-order valence-corrected chi connectivity index (χ3v) is 8.04. The number of benzene rings is 3. The minimum Gasteiger partial charge on any atom is -0.393 e. The van der Waals surface area contributed by atoms with Gasteiger partial charge in [-0.15, -0.1) is 0 Å². The van der Waals surface area contributed by atoms with Gasteiger partial charge in [0.05, 0.1) is 34.2 Å². The van der Waals surface area contributed by atoms with E-state index in [1.165, 1.54) is 0 Å². The van der Waals surface area contributed by atoms with Gasteiger partial charge in [-0.3, -0.25) is 4.79 Å². The van der Waals surface area contributed by atoms with E-state index in [9.17, 15) is 15.0 Å². The topological polar surface area (TPSA) is 89.0 Å². The van der Waals surface area contributed by atoms with E-state index in [0.29, 0.717) is 5.56 Å². The van der Waals surface area contributed by atoms with E-state index in [-0.39, 0.29) is 12.3 Å². The summed E-state index contributed by atoms with van der Waals surface area (Å²) in [7, 11) is 0. The van der Waals surface area contributed by atoms with Crippen molar-refractivity contribution in [2.75, 3.05) is 6.61 Å². The zero-order chi connectivity index (χ0) is 22.3. The molecular formula is C26H19N3O4. The molecule has 1 saturated heterocycles. The van der Waals surface area contributed by atoms with E-state index in [1.54, 1.807) is 6.21 Å². The van der Waals surface area contributed by atoms with Gasteiger partial charge in [0.25, 0.3) is 5.91 Å². The number of aliphatic imine (C=N–C) groups is 1. The highest BCUT2D eigenvalue weighted by molar-refractivity contribution is 6.36. The Morgan fingerprint density at radius 1 is 1.06 bits per heavy atom. The molecule has 0 aliphatic carbocycles. The van der Waals surface area contributed by atoms with Gasteiger partial charge in [0.2, 0.25) is 0 Å². The minimum atomic E-state index is -1.50. The zero-order valence-corrected chi connectivity index (χ0v) is 17.7. The Morgan fingerprint density at radius 2 is 1.76 bits per heavy atom. The van der Waals surface area contributed by atoms with Crippen molar-refractivity contribution in [3.05, 3.63) is 59.7 Å². The van der Waals surface area contributed by atoms with Crippen molar-refractivity contribution in [1.82, 2.24) is 9.13 Å². The van der Waals surface area contributed by atoms with Crippen molar-refractivity contribution in [3.63, 3.8) is 0 Å². The molecule has 5 aromatic rings. The predicted molar refractivity (Wildman–Crippen MR) is 125 cm³/mol. The summed E-state index contributed by atoms with van der Waals surface area (Å²) in [5.74, 6) is -0.236. The summed E-state index contributed by atoms with van der Waals surface area (Å²) in [4.78, 5) is 17.3. The summed E-state index contributed by atoms with van der Waals surface area (Å²) in [5.41, 5.74) is 2.32. The van der Waals surface area contributed by atoms with Crippen LogP contribution in [0, 0.1) is 0 Å². The number of aliphatic hydroxyl groups is 2. The van der Waals surface area contributed by atoms with E-state index in [0.717, 1.165) is 49.2 Å². The Bertz CT molecular complexity index is 1780. The first-order chi connectivity index (χ1) is 16.0. The number of amides is 1. The van der Waals surface area contributed by atoms with Gasteiger partial charge in [0.15, 0.2) is 5.72 Å². The highest BCUT2D eigenvalue weighted by Crippen LogP contribution is 2.57. The lowest BCUT2D eigenvalue weighted by molar-refractivity contribution is -0.189. The second-order valence-corrected chi connectivity index (χ2v) is 9.49. The van der Waals surface area contributed by atoms with E-state index < -0.39 is 24.2 Å². The number of fused-ring (bicyclic) bond motifs is 13. The number of aliphatic hydroxyl groups excluding tert-OH is 1. The zero-order valence-electron chi connectivity index (χ0n) is 17.7. The van der Waals surface area contributed by atoms with Crippen LogP contribution in [0.4, 0.5) is 0 Å². The molecule has 0 radical (unpaired) electrons. The van der Waals surface area contributed by atoms with Crippen LogP contribution >= 0.6 is 0 Å². The van der Waals surface area contributed by atoms with Crippen molar-refractivity contribution >= 4 is 55.7 Å². The number of nitrogens with zero attached hydrogens (tertiary/aromatic N) is 3. The molecule has 7 nitrogen and oxygen atoms in total. The Balaban J connectivity index is 1.78. The average Bonchev–Trinajstić information content (AvgIpc) is 3.51. The van der Waals surface area contributed by atoms with E-state index in [4.69, 9.17) is 4.74 Å². The number of rotatable bonds is 1. The molecule has 3 aromatic carbocycles. The van der Waals surface area contributed by atoms with Crippen LogP contribution in [0.3, 0.4) is 0 Å². The molecule has 7 heteroatoms. The van der Waals surface area contributed by atoms with Crippen molar-refractivity contribution in [2.24, 2.45) is 4.99 Å². The molecule has 1 amide bonds. The third-order valence-electron chi connectivity index (χ3n) is 8.04. The fraction of sp³-hybridized carbons (Fsp3) is 0.231. The Hall–Kier alpha value is -3.52. The first-order valence-electron chi connectivity index (χ1n) is 11.1. The summed E-state index contributed by atoms with van der Waals surface area (Å²) in [5, 5.41) is 25.8. The fourth-order valence-electron chi connectivity index (χ4n) is 6.54. The maximum absolute atomic E-state index is 13.1. The molecule has 0 saturated carbocycles. The molecule has 1 fully saturated rings. The summed E-state index contributed by atoms with van der Waals surface area (Å²) in [6.45, 7) is 1.42. The van der Waals surface area contributed by atoms with E-state index >= 15 is 0 Å². The second-order valence-electron chi connectivity index (χ2n) is 9.49. The molecule has 3 aliphatic rings. The molecule has 0 unspecified atom stereocenters. The van der Waals surface area contributed by atoms with Crippen LogP contribution in [0.15, 0.2) is 53.5 Å². The van der Waals surface area contributed by atoms with Gasteiger partial charge in [-0.2, -0.15) is 0 Å². The number of ether oxygens (including phenoxy) is 1. The third kappa shape index (κ3) is 1.73. The Morgan fingerprint density at radius 3 is 2.52 bits per heavy atom. The largest absolute Gasteiger partial charge is 0.393 e. The Labute approximate surface area is 187 Å². The number of carbonyl (C=O) groups is 1. The summed E-state index contributed by atoms with van der Waals surface area (Å²) < 4.78 is 10.8. The standard InChI is InChI=1S/C26H19N3O4/c1-25-26(32,12-30)10-18(33-25)28-16-8-4-2-6-13(16)20-21-15(11-27-24(21)31)19-14-7-3-5-9-17(14)29(25)23(19)22(20)28/h2-9,11,18,30,32H,10,12H2,1H3/t18-,25+,26+/m1/s1. The molecule has 2 N–H and O–H groups in total. The fourth-order valence-corrected chi connectivity index (χ4v) is 6.54. The van der Waals surface area contributed by atoms with Gasteiger partial charge in [-0.1, -0.05) is 36.4 Å². The van der Waals surface area contributed by atoms with Crippen LogP contribution in [0.25, 0.3) is 43.6 Å². The van der Waals surface area contributed by atoms with Crippen molar-refractivity contribution in [3.8, 4) is 0 Å². The van der Waals surface area contributed by atoms with Crippen LogP contribution in [-0.4, -0.2) is 43.7 Å². The first kappa shape index (κ1) is 18.0. The average molecular weight is 437 g/mol. The minimum absolute atomic E-state index is 0.225. The molecule has 162 valence electrons. The summed E-state index contributed by atoms with van der Waals surface area (Å²) in [6.07, 6.45) is 1.38. The van der Waals surface area contributed by atoms with Gasteiger partial charge in [0.1, 0.15) is 11.8 Å². The summed E-state index contributed by atoms with van der Waals surface area (Å²) in [6, 6.07) is 15.9. The van der Waals surface area contributed by atoms with Gasteiger partial charge < -0.3 is 24.1 Å². The molecule has 5 heterocycles. The van der Waals surface area contributed by atoms with Crippen molar-refractivity contribution < 1.29 is 19.7 Å². The molecule has 3 atom stereocenters. The van der Waals surface area contributed by atoms with Crippen LogP contribution in [0.2, 0.25) is 0 Å². The monoisotopic (exact) mass is 437 g/mol. The van der Waals surface area contributed by atoms with Crippen LogP contribution in [-0.2, 0) is 10.5 Å². The molecule has 2 aromatic heterocycles. The maximum Gasteiger partial charge on any atom is 0.278 e. The molecule has 0 spiro atoms. The SMILES string of the molecule is C[C@]12O[C@H](C[C@]1(O)CO)n1c3ccccc3c3c4c(c5c6ccccc6n2c5c31)C=NC4=O. The van der Waals surface area contributed by atoms with Crippen LogP contribution < -0.4 is 0 Å². The number of hydrogen-bond donors (Lipinski definition) is 2. The van der Waals surface area contributed by atoms with Gasteiger partial charge >= 0.3 is 0 Å². The first-order valence-corrected chi connectivity index (χ1v) is 11.1. The van der Waals surface area contributed by atoms with Crippen molar-refractivity contribution in [2.45, 2.75) is 30.9 Å². The number of carbonyl (C=O) groups excluding carboxylic acids is 1. The second kappa shape index (κ2) is 5.34. The van der Waals surface area contributed by atoms with Crippen molar-refractivity contribution in [1.29, 1.82) is 0 Å². The number of aromatic nitrogens is 2.